The van der Waals surface area contributed by atoms with Gasteiger partial charge in [-0.2, -0.15) is 0 Å². The lowest BCUT2D eigenvalue weighted by Crippen LogP contribution is -2.49. The average Bonchev–Trinajstić information content (AvgIpc) is 2.84. The minimum Gasteiger partial charge on any atom is -0.497 e. The fraction of sp³-hybridized carbons (Fsp3) is 0.481. The molecule has 0 radical (unpaired) electrons. The summed E-state index contributed by atoms with van der Waals surface area (Å²) in [4.78, 5) is 27.8. The second-order valence-electron chi connectivity index (χ2n) is 9.14. The van der Waals surface area contributed by atoms with Crippen molar-refractivity contribution in [1.29, 1.82) is 0 Å². The van der Waals surface area contributed by atoms with Gasteiger partial charge in [-0.15, -0.1) is 0 Å². The third-order valence-corrected chi connectivity index (χ3v) is 7.32. The molecular formula is C27H39N3O5S. The van der Waals surface area contributed by atoms with Crippen molar-refractivity contribution in [3.63, 3.8) is 0 Å². The lowest BCUT2D eigenvalue weighted by atomic mass is 10.1. The number of carbonyl (C=O) groups is 2. The van der Waals surface area contributed by atoms with Gasteiger partial charge in [0, 0.05) is 25.6 Å². The number of anilines is 1. The molecule has 0 aliphatic heterocycles. The molecule has 2 atom stereocenters. The highest BCUT2D eigenvalue weighted by molar-refractivity contribution is 7.92. The lowest BCUT2D eigenvalue weighted by Gasteiger charge is -2.30. The number of aryl methyl sites for hydroxylation is 1. The van der Waals surface area contributed by atoms with Gasteiger partial charge in [0.05, 0.1) is 19.1 Å². The van der Waals surface area contributed by atoms with Gasteiger partial charge in [0.2, 0.25) is 21.8 Å². The standard InChI is InChI=1S/C27H39N3O5S/c1-7-21(3)28-27(32)22(4)29(19-23-10-8-11-25(18-23)35-5)26(31)12-9-17-30(36(6,33)34)24-15-13-20(2)14-16-24/h8,10-11,13-16,18,21-22H,7,9,12,17,19H2,1-6H3,(H,28,32)/t21-,22+/m1/s1. The van der Waals surface area contributed by atoms with Crippen LogP contribution < -0.4 is 14.4 Å². The van der Waals surface area contributed by atoms with E-state index in [1.165, 1.54) is 4.31 Å². The Hall–Kier alpha value is -3.07. The van der Waals surface area contributed by atoms with Crippen LogP contribution in [0.1, 0.15) is 51.2 Å². The van der Waals surface area contributed by atoms with Crippen LogP contribution >= 0.6 is 0 Å². The Labute approximate surface area is 215 Å². The quantitative estimate of drug-likeness (QED) is 0.435. The van der Waals surface area contributed by atoms with Crippen LogP contribution in [0.15, 0.2) is 48.5 Å². The molecule has 0 saturated carbocycles. The van der Waals surface area contributed by atoms with E-state index >= 15 is 0 Å². The maximum absolute atomic E-state index is 13.4. The SMILES string of the molecule is CC[C@@H](C)NC(=O)[C@H](C)N(Cc1cccc(OC)c1)C(=O)CCCN(c1ccc(C)cc1)S(C)(=O)=O. The van der Waals surface area contributed by atoms with Crippen molar-refractivity contribution in [2.24, 2.45) is 0 Å². The minimum atomic E-state index is -3.52. The molecule has 0 heterocycles. The molecule has 2 aromatic rings. The third kappa shape index (κ3) is 8.55. The molecule has 36 heavy (non-hydrogen) atoms. The Morgan fingerprint density at radius 3 is 2.33 bits per heavy atom. The van der Waals surface area contributed by atoms with E-state index in [0.717, 1.165) is 23.8 Å². The van der Waals surface area contributed by atoms with Gasteiger partial charge in [-0.05, 0) is 63.4 Å². The average molecular weight is 518 g/mol. The molecule has 0 spiro atoms. The number of nitrogens with one attached hydrogen (secondary N) is 1. The highest BCUT2D eigenvalue weighted by atomic mass is 32.2. The zero-order valence-electron chi connectivity index (χ0n) is 22.2. The van der Waals surface area contributed by atoms with E-state index in [1.807, 2.05) is 57.2 Å². The van der Waals surface area contributed by atoms with E-state index in [4.69, 9.17) is 4.74 Å². The highest BCUT2D eigenvalue weighted by Crippen LogP contribution is 2.20. The fourth-order valence-corrected chi connectivity index (χ4v) is 4.70. The first-order valence-electron chi connectivity index (χ1n) is 12.2. The lowest BCUT2D eigenvalue weighted by molar-refractivity contribution is -0.140. The molecule has 0 aliphatic rings. The van der Waals surface area contributed by atoms with Crippen LogP contribution in [0.3, 0.4) is 0 Å². The molecule has 0 unspecified atom stereocenters. The number of rotatable bonds is 13. The molecule has 0 aromatic heterocycles. The first-order chi connectivity index (χ1) is 17.0. The van der Waals surface area contributed by atoms with Crippen LogP contribution in [0.4, 0.5) is 5.69 Å². The Bertz CT molecular complexity index is 1120. The van der Waals surface area contributed by atoms with E-state index < -0.39 is 16.1 Å². The molecule has 0 aliphatic carbocycles. The second-order valence-corrected chi connectivity index (χ2v) is 11.0. The zero-order valence-corrected chi connectivity index (χ0v) is 23.0. The normalized spacial score (nSPS) is 12.9. The number of hydrogen-bond acceptors (Lipinski definition) is 5. The molecule has 2 rings (SSSR count). The van der Waals surface area contributed by atoms with Crippen molar-refractivity contribution in [2.75, 3.05) is 24.2 Å². The summed E-state index contributed by atoms with van der Waals surface area (Å²) in [6.45, 7) is 7.95. The first-order valence-corrected chi connectivity index (χ1v) is 14.1. The molecule has 2 amide bonds. The number of methoxy groups -OCH3 is 1. The summed E-state index contributed by atoms with van der Waals surface area (Å²) in [6, 6.07) is 13.9. The van der Waals surface area contributed by atoms with Crippen molar-refractivity contribution in [2.45, 2.75) is 65.6 Å². The summed E-state index contributed by atoms with van der Waals surface area (Å²) >= 11 is 0. The number of carbonyl (C=O) groups excluding carboxylic acids is 2. The molecule has 8 nitrogen and oxygen atoms in total. The van der Waals surface area contributed by atoms with E-state index in [2.05, 4.69) is 5.32 Å². The largest absolute Gasteiger partial charge is 0.497 e. The van der Waals surface area contributed by atoms with Gasteiger partial charge in [0.25, 0.3) is 0 Å². The molecular weight excluding hydrogens is 478 g/mol. The van der Waals surface area contributed by atoms with Gasteiger partial charge in [0.1, 0.15) is 11.8 Å². The monoisotopic (exact) mass is 517 g/mol. The van der Waals surface area contributed by atoms with Gasteiger partial charge in [0.15, 0.2) is 0 Å². The molecule has 0 bridgehead atoms. The molecule has 1 N–H and O–H groups in total. The van der Waals surface area contributed by atoms with Crippen molar-refractivity contribution < 1.29 is 22.7 Å². The van der Waals surface area contributed by atoms with Crippen molar-refractivity contribution in [3.05, 3.63) is 59.7 Å². The summed E-state index contributed by atoms with van der Waals surface area (Å²) in [5.74, 6) is 0.221. The number of sulfonamides is 1. The topological polar surface area (TPSA) is 96.0 Å². The summed E-state index contributed by atoms with van der Waals surface area (Å²) in [6.07, 6.45) is 2.35. The molecule has 9 heteroatoms. The fourth-order valence-electron chi connectivity index (χ4n) is 3.73. The third-order valence-electron chi connectivity index (χ3n) is 6.13. The summed E-state index contributed by atoms with van der Waals surface area (Å²) in [7, 11) is -1.95. The van der Waals surface area contributed by atoms with Crippen LogP contribution in [0.5, 0.6) is 5.75 Å². The molecule has 0 saturated heterocycles. The van der Waals surface area contributed by atoms with E-state index in [1.54, 1.807) is 31.1 Å². The Balaban J connectivity index is 2.18. The minimum absolute atomic E-state index is 0.00782. The number of hydrogen-bond donors (Lipinski definition) is 1. The first kappa shape index (κ1) is 29.2. The van der Waals surface area contributed by atoms with Crippen LogP contribution in [0.2, 0.25) is 0 Å². The van der Waals surface area contributed by atoms with Gasteiger partial charge >= 0.3 is 0 Å². The second kappa shape index (κ2) is 13.3. The van der Waals surface area contributed by atoms with Gasteiger partial charge in [-0.25, -0.2) is 8.42 Å². The Morgan fingerprint density at radius 1 is 1.08 bits per heavy atom. The van der Waals surface area contributed by atoms with E-state index in [9.17, 15) is 18.0 Å². The van der Waals surface area contributed by atoms with Crippen molar-refractivity contribution in [1.82, 2.24) is 10.2 Å². The number of benzene rings is 2. The summed E-state index contributed by atoms with van der Waals surface area (Å²) in [5.41, 5.74) is 2.42. The van der Waals surface area contributed by atoms with Gasteiger partial charge in [-0.3, -0.25) is 13.9 Å². The summed E-state index contributed by atoms with van der Waals surface area (Å²) < 4.78 is 31.5. The van der Waals surface area contributed by atoms with Gasteiger partial charge < -0.3 is 15.0 Å². The predicted octanol–water partition coefficient (Wildman–Crippen LogP) is 3.88. The van der Waals surface area contributed by atoms with E-state index in [0.29, 0.717) is 17.9 Å². The smallest absolute Gasteiger partial charge is 0.242 e. The summed E-state index contributed by atoms with van der Waals surface area (Å²) in [5, 5.41) is 2.95. The van der Waals surface area contributed by atoms with Crippen LogP contribution in [0, 0.1) is 6.92 Å². The van der Waals surface area contributed by atoms with Crippen LogP contribution in [-0.4, -0.2) is 57.1 Å². The number of amides is 2. The Kier molecular flexibility index (Phi) is 10.8. The highest BCUT2D eigenvalue weighted by Gasteiger charge is 2.27. The molecule has 198 valence electrons. The van der Waals surface area contributed by atoms with Crippen LogP contribution in [-0.2, 0) is 26.2 Å². The maximum Gasteiger partial charge on any atom is 0.242 e. The van der Waals surface area contributed by atoms with Crippen molar-refractivity contribution >= 4 is 27.5 Å². The maximum atomic E-state index is 13.4. The zero-order chi connectivity index (χ0) is 26.9. The van der Waals surface area contributed by atoms with Gasteiger partial charge in [-0.1, -0.05) is 36.8 Å². The Morgan fingerprint density at radius 2 is 1.75 bits per heavy atom. The van der Waals surface area contributed by atoms with E-state index in [-0.39, 0.29) is 37.4 Å². The van der Waals surface area contributed by atoms with Crippen LogP contribution in [0.25, 0.3) is 0 Å². The van der Waals surface area contributed by atoms with Crippen molar-refractivity contribution in [3.8, 4) is 5.75 Å². The number of ether oxygens (including phenoxy) is 1. The predicted molar refractivity (Wildman–Crippen MR) is 144 cm³/mol. The molecule has 0 fully saturated rings. The number of nitrogens with zero attached hydrogens (tertiary/aromatic N) is 2. The molecule has 2 aromatic carbocycles.